The van der Waals surface area contributed by atoms with E-state index in [1.54, 1.807) is 26.4 Å². The lowest BCUT2D eigenvalue weighted by atomic mass is 10.1. The summed E-state index contributed by atoms with van der Waals surface area (Å²) in [4.78, 5) is 29.5. The number of carbonyl (C=O) groups is 1. The first kappa shape index (κ1) is 14.5. The van der Waals surface area contributed by atoms with Crippen molar-refractivity contribution in [1.29, 1.82) is 0 Å². The Morgan fingerprint density at radius 2 is 2.24 bits per heavy atom. The van der Waals surface area contributed by atoms with Gasteiger partial charge in [-0.05, 0) is 19.1 Å². The van der Waals surface area contributed by atoms with E-state index < -0.39 is 4.92 Å². The number of hydrogen-bond acceptors (Lipinski definition) is 5. The maximum Gasteiger partial charge on any atom is 0.292 e. The summed E-state index contributed by atoms with van der Waals surface area (Å²) >= 11 is 0. The molecular formula is C13H15N5O3. The van der Waals surface area contributed by atoms with Crippen molar-refractivity contribution >= 4 is 17.3 Å². The van der Waals surface area contributed by atoms with Gasteiger partial charge in [0.25, 0.3) is 11.6 Å². The van der Waals surface area contributed by atoms with E-state index in [2.05, 4.69) is 20.6 Å². The van der Waals surface area contributed by atoms with E-state index in [-0.39, 0.29) is 17.6 Å². The van der Waals surface area contributed by atoms with E-state index in [4.69, 9.17) is 0 Å². The summed E-state index contributed by atoms with van der Waals surface area (Å²) in [6.45, 7) is 1.79. The minimum atomic E-state index is -0.501. The Morgan fingerprint density at radius 3 is 2.81 bits per heavy atom. The average Bonchev–Trinajstić information content (AvgIpc) is 3.00. The number of anilines is 1. The normalized spacial score (nSPS) is 11.7. The number of amides is 1. The summed E-state index contributed by atoms with van der Waals surface area (Å²) in [5.41, 5.74) is 0.551. The van der Waals surface area contributed by atoms with Crippen LogP contribution in [0.1, 0.15) is 29.1 Å². The second-order valence-corrected chi connectivity index (χ2v) is 4.41. The maximum absolute atomic E-state index is 12.1. The van der Waals surface area contributed by atoms with E-state index in [0.717, 1.165) is 0 Å². The Hall–Kier alpha value is -2.90. The summed E-state index contributed by atoms with van der Waals surface area (Å²) in [7, 11) is 1.56. The van der Waals surface area contributed by atoms with Crippen LogP contribution >= 0.6 is 0 Å². The predicted octanol–water partition coefficient (Wildman–Crippen LogP) is 1.85. The van der Waals surface area contributed by atoms with Crippen molar-refractivity contribution < 1.29 is 9.72 Å². The zero-order chi connectivity index (χ0) is 15.4. The summed E-state index contributed by atoms with van der Waals surface area (Å²) in [5.74, 6) is 0.310. The highest BCUT2D eigenvalue weighted by Crippen LogP contribution is 2.25. The molecule has 0 saturated carbocycles. The van der Waals surface area contributed by atoms with E-state index in [1.165, 1.54) is 18.2 Å². The minimum absolute atomic E-state index is 0.0758. The monoisotopic (exact) mass is 289 g/mol. The molecule has 2 rings (SSSR count). The Morgan fingerprint density at radius 1 is 1.48 bits per heavy atom. The van der Waals surface area contributed by atoms with Crippen molar-refractivity contribution in [2.24, 2.45) is 0 Å². The second-order valence-electron chi connectivity index (χ2n) is 4.41. The van der Waals surface area contributed by atoms with Crippen molar-refractivity contribution in [3.63, 3.8) is 0 Å². The van der Waals surface area contributed by atoms with Crippen molar-refractivity contribution in [3.05, 3.63) is 52.1 Å². The van der Waals surface area contributed by atoms with Gasteiger partial charge in [-0.3, -0.25) is 14.9 Å². The number of nitrogens with zero attached hydrogens (tertiary/aromatic N) is 2. The lowest BCUT2D eigenvalue weighted by Gasteiger charge is -2.12. The fourth-order valence-corrected chi connectivity index (χ4v) is 1.90. The molecule has 110 valence electrons. The number of H-pyrrole nitrogens is 1. The quantitative estimate of drug-likeness (QED) is 0.574. The summed E-state index contributed by atoms with van der Waals surface area (Å²) < 4.78 is 0. The Labute approximate surface area is 120 Å². The van der Waals surface area contributed by atoms with Crippen LogP contribution in [-0.2, 0) is 0 Å². The zero-order valence-corrected chi connectivity index (χ0v) is 11.6. The van der Waals surface area contributed by atoms with Crippen LogP contribution < -0.4 is 10.6 Å². The Kier molecular flexibility index (Phi) is 4.17. The van der Waals surface area contributed by atoms with Gasteiger partial charge in [-0.25, -0.2) is 4.98 Å². The molecule has 0 aliphatic heterocycles. The summed E-state index contributed by atoms with van der Waals surface area (Å²) in [6.07, 6.45) is 3.27. The van der Waals surface area contributed by atoms with Gasteiger partial charge in [0.1, 0.15) is 11.5 Å². The van der Waals surface area contributed by atoms with Crippen molar-refractivity contribution in [1.82, 2.24) is 15.3 Å². The molecule has 2 aromatic rings. The van der Waals surface area contributed by atoms with Gasteiger partial charge >= 0.3 is 0 Å². The number of hydrogen-bond donors (Lipinski definition) is 3. The third-order valence-electron chi connectivity index (χ3n) is 3.00. The van der Waals surface area contributed by atoms with Gasteiger partial charge < -0.3 is 15.6 Å². The number of nitro groups is 1. The van der Waals surface area contributed by atoms with Crippen LogP contribution in [0.25, 0.3) is 0 Å². The van der Waals surface area contributed by atoms with E-state index in [1.807, 2.05) is 0 Å². The molecule has 0 fully saturated rings. The van der Waals surface area contributed by atoms with Crippen LogP contribution in [0.3, 0.4) is 0 Å². The SMILES string of the molecule is CNc1cc(C(=O)NC(C)c2ncc[nH]2)ccc1[N+](=O)[O-]. The fraction of sp³-hybridized carbons (Fsp3) is 0.231. The maximum atomic E-state index is 12.1. The highest BCUT2D eigenvalue weighted by atomic mass is 16.6. The van der Waals surface area contributed by atoms with Gasteiger partial charge in [0.2, 0.25) is 0 Å². The van der Waals surface area contributed by atoms with Gasteiger partial charge in [0.15, 0.2) is 0 Å². The number of benzene rings is 1. The lowest BCUT2D eigenvalue weighted by Crippen LogP contribution is -2.27. The molecular weight excluding hydrogens is 274 g/mol. The molecule has 1 aromatic carbocycles. The van der Waals surface area contributed by atoms with E-state index >= 15 is 0 Å². The topological polar surface area (TPSA) is 113 Å². The minimum Gasteiger partial charge on any atom is -0.383 e. The predicted molar refractivity (Wildman–Crippen MR) is 77.1 cm³/mol. The van der Waals surface area contributed by atoms with Crippen LogP contribution in [0, 0.1) is 10.1 Å². The number of nitrogens with one attached hydrogen (secondary N) is 3. The van der Waals surface area contributed by atoms with Crippen molar-refractivity contribution in [3.8, 4) is 0 Å². The molecule has 8 nitrogen and oxygen atoms in total. The third-order valence-corrected chi connectivity index (χ3v) is 3.00. The van der Waals surface area contributed by atoms with Gasteiger partial charge in [0.05, 0.1) is 11.0 Å². The Bertz CT molecular complexity index is 654. The van der Waals surface area contributed by atoms with Crippen LogP contribution in [0.4, 0.5) is 11.4 Å². The molecule has 3 N–H and O–H groups in total. The van der Waals surface area contributed by atoms with E-state index in [9.17, 15) is 14.9 Å². The van der Waals surface area contributed by atoms with Crippen LogP contribution in [-0.4, -0.2) is 27.8 Å². The largest absolute Gasteiger partial charge is 0.383 e. The second kappa shape index (κ2) is 6.04. The number of nitro benzene ring substituents is 1. The molecule has 0 aliphatic carbocycles. The number of imidazole rings is 1. The Balaban J connectivity index is 2.18. The standard InChI is InChI=1S/C13H15N5O3/c1-8(12-15-5-6-16-12)17-13(19)9-3-4-11(18(20)21)10(7-9)14-2/h3-8,14H,1-2H3,(H,15,16)(H,17,19). The van der Waals surface area contributed by atoms with Gasteiger partial charge in [-0.1, -0.05) is 0 Å². The number of rotatable bonds is 5. The zero-order valence-electron chi connectivity index (χ0n) is 11.6. The number of aromatic nitrogens is 2. The highest BCUT2D eigenvalue weighted by molar-refractivity contribution is 5.96. The molecule has 0 radical (unpaired) electrons. The smallest absolute Gasteiger partial charge is 0.292 e. The molecule has 1 heterocycles. The van der Waals surface area contributed by atoms with Gasteiger partial charge in [-0.15, -0.1) is 0 Å². The molecule has 1 unspecified atom stereocenters. The molecule has 1 aromatic heterocycles. The first-order valence-electron chi connectivity index (χ1n) is 6.29. The number of carbonyl (C=O) groups excluding carboxylic acids is 1. The number of aromatic amines is 1. The van der Waals surface area contributed by atoms with Gasteiger partial charge in [-0.2, -0.15) is 0 Å². The molecule has 1 atom stereocenters. The lowest BCUT2D eigenvalue weighted by molar-refractivity contribution is -0.383. The summed E-state index contributed by atoms with van der Waals surface area (Å²) in [5, 5.41) is 16.3. The third kappa shape index (κ3) is 3.16. The highest BCUT2D eigenvalue weighted by Gasteiger charge is 2.18. The molecule has 0 bridgehead atoms. The van der Waals surface area contributed by atoms with Crippen molar-refractivity contribution in [2.75, 3.05) is 12.4 Å². The van der Waals surface area contributed by atoms with Crippen LogP contribution in [0.2, 0.25) is 0 Å². The first-order chi connectivity index (χ1) is 10.0. The molecule has 0 saturated heterocycles. The summed E-state index contributed by atoms with van der Waals surface area (Å²) in [6, 6.07) is 3.88. The molecule has 8 heteroatoms. The molecule has 21 heavy (non-hydrogen) atoms. The van der Waals surface area contributed by atoms with E-state index in [0.29, 0.717) is 17.1 Å². The fourth-order valence-electron chi connectivity index (χ4n) is 1.90. The van der Waals surface area contributed by atoms with Crippen LogP contribution in [0.15, 0.2) is 30.6 Å². The van der Waals surface area contributed by atoms with Crippen molar-refractivity contribution in [2.45, 2.75) is 13.0 Å². The average molecular weight is 289 g/mol. The molecule has 1 amide bonds. The first-order valence-corrected chi connectivity index (χ1v) is 6.29. The van der Waals surface area contributed by atoms with Gasteiger partial charge in [0, 0.05) is 31.1 Å². The molecule has 0 spiro atoms. The van der Waals surface area contributed by atoms with Crippen LogP contribution in [0.5, 0.6) is 0 Å². The molecule has 0 aliphatic rings.